The van der Waals surface area contributed by atoms with Gasteiger partial charge in [-0.15, -0.1) is 0 Å². The summed E-state index contributed by atoms with van der Waals surface area (Å²) in [5.41, 5.74) is 10.8. The van der Waals surface area contributed by atoms with E-state index in [0.717, 1.165) is 67.5 Å². The average Bonchev–Trinajstić information content (AvgIpc) is 3.08. The second-order valence-electron chi connectivity index (χ2n) is 8.55. The normalized spacial score (nSPS) is 20.9. The molecule has 3 aromatic rings. The van der Waals surface area contributed by atoms with Gasteiger partial charge in [-0.1, -0.05) is 6.92 Å². The first kappa shape index (κ1) is 19.0. The number of nitrogens with zero attached hydrogens (tertiary/aromatic N) is 5. The SMILES string of the molecule is CCc1nc(CN2C[C@@H]3C[C@H](C2)c2cc(-c4cc(N)ncn4)cc(=O)n2C3)c(C)[nH]1. The Balaban J connectivity index is 1.44. The minimum atomic E-state index is 0.0403. The van der Waals surface area contributed by atoms with Crippen LogP contribution < -0.4 is 11.3 Å². The number of H-pyrrole nitrogens is 1. The van der Waals surface area contributed by atoms with E-state index < -0.39 is 0 Å². The van der Waals surface area contributed by atoms with Gasteiger partial charge in [-0.2, -0.15) is 0 Å². The number of anilines is 1. The quantitative estimate of drug-likeness (QED) is 0.689. The molecule has 0 amide bonds. The predicted molar refractivity (Wildman–Crippen MR) is 115 cm³/mol. The van der Waals surface area contributed by atoms with Crippen LogP contribution in [-0.4, -0.2) is 42.5 Å². The number of aromatic amines is 1. The minimum absolute atomic E-state index is 0.0403. The zero-order valence-electron chi connectivity index (χ0n) is 17.4. The number of piperidine rings is 1. The second kappa shape index (κ2) is 7.36. The molecular weight excluding hydrogens is 378 g/mol. The summed E-state index contributed by atoms with van der Waals surface area (Å²) in [6.45, 7) is 7.76. The van der Waals surface area contributed by atoms with Crippen molar-refractivity contribution in [2.24, 2.45) is 5.92 Å². The fourth-order valence-electron chi connectivity index (χ4n) is 4.96. The summed E-state index contributed by atoms with van der Waals surface area (Å²) in [7, 11) is 0. The van der Waals surface area contributed by atoms with Crippen molar-refractivity contribution in [2.75, 3.05) is 18.8 Å². The lowest BCUT2D eigenvalue weighted by Gasteiger charge is -2.42. The van der Waals surface area contributed by atoms with Gasteiger partial charge in [0.15, 0.2) is 0 Å². The first-order chi connectivity index (χ1) is 14.5. The van der Waals surface area contributed by atoms with Gasteiger partial charge >= 0.3 is 0 Å². The average molecular weight is 406 g/mol. The van der Waals surface area contributed by atoms with Crippen LogP contribution in [0.3, 0.4) is 0 Å². The Morgan fingerprint density at radius 1 is 1.20 bits per heavy atom. The highest BCUT2D eigenvalue weighted by atomic mass is 16.1. The van der Waals surface area contributed by atoms with Crippen molar-refractivity contribution in [3.8, 4) is 11.3 Å². The highest BCUT2D eigenvalue weighted by molar-refractivity contribution is 5.61. The number of fused-ring (bicyclic) bond motifs is 4. The molecule has 0 aliphatic carbocycles. The molecule has 0 spiro atoms. The maximum atomic E-state index is 12.9. The molecule has 0 unspecified atom stereocenters. The monoisotopic (exact) mass is 405 g/mol. The van der Waals surface area contributed by atoms with Crippen molar-refractivity contribution >= 4 is 5.82 Å². The number of likely N-dealkylation sites (tertiary alicyclic amines) is 1. The van der Waals surface area contributed by atoms with Gasteiger partial charge in [-0.3, -0.25) is 9.69 Å². The van der Waals surface area contributed by atoms with Crippen LogP contribution in [0.2, 0.25) is 0 Å². The standard InChI is InChI=1S/C22H27N7O/c1-3-21-26-13(2)18(27-21)11-28-8-14-4-16(10-28)19-5-15(6-22(30)29(19)9-14)17-7-20(23)25-12-24-17/h5-7,12,14,16H,3-4,8-11H2,1-2H3,(H,26,27)(H2,23,24,25)/t14-,16+/m0/s1. The lowest BCUT2D eigenvalue weighted by Crippen LogP contribution is -2.46. The first-order valence-electron chi connectivity index (χ1n) is 10.6. The number of imidazole rings is 1. The Kier molecular flexibility index (Phi) is 4.66. The number of hydrogen-bond donors (Lipinski definition) is 2. The second-order valence-corrected chi connectivity index (χ2v) is 8.55. The summed E-state index contributed by atoms with van der Waals surface area (Å²) in [5.74, 6) is 2.27. The molecule has 0 aromatic carbocycles. The summed E-state index contributed by atoms with van der Waals surface area (Å²) < 4.78 is 1.96. The van der Waals surface area contributed by atoms with Crippen molar-refractivity contribution in [3.05, 3.63) is 57.8 Å². The van der Waals surface area contributed by atoms with Crippen molar-refractivity contribution < 1.29 is 0 Å². The fourth-order valence-corrected chi connectivity index (χ4v) is 4.96. The molecule has 5 rings (SSSR count). The molecule has 1 fully saturated rings. The maximum absolute atomic E-state index is 12.9. The molecule has 8 heteroatoms. The number of aromatic nitrogens is 5. The van der Waals surface area contributed by atoms with E-state index in [1.165, 1.54) is 6.33 Å². The fraction of sp³-hybridized carbons (Fsp3) is 0.455. The summed E-state index contributed by atoms with van der Waals surface area (Å²) >= 11 is 0. The van der Waals surface area contributed by atoms with E-state index in [0.29, 0.717) is 23.3 Å². The van der Waals surface area contributed by atoms with E-state index in [2.05, 4.69) is 39.8 Å². The van der Waals surface area contributed by atoms with Crippen LogP contribution in [-0.2, 0) is 19.5 Å². The van der Waals surface area contributed by atoms with E-state index in [-0.39, 0.29) is 5.56 Å². The lowest BCUT2D eigenvalue weighted by atomic mass is 9.82. The van der Waals surface area contributed by atoms with Crippen LogP contribution in [0, 0.1) is 12.8 Å². The number of rotatable bonds is 4. The molecular formula is C22H27N7O. The Labute approximate surface area is 175 Å². The van der Waals surface area contributed by atoms with Crippen LogP contribution in [0.1, 0.15) is 42.2 Å². The molecule has 156 valence electrons. The van der Waals surface area contributed by atoms with Crippen LogP contribution in [0.25, 0.3) is 11.3 Å². The molecule has 30 heavy (non-hydrogen) atoms. The molecule has 2 bridgehead atoms. The van der Waals surface area contributed by atoms with Crippen molar-refractivity contribution in [2.45, 2.75) is 45.7 Å². The summed E-state index contributed by atoms with van der Waals surface area (Å²) in [6.07, 6.45) is 3.47. The predicted octanol–water partition coefficient (Wildman–Crippen LogP) is 2.10. The highest BCUT2D eigenvalue weighted by Crippen LogP contribution is 2.37. The largest absolute Gasteiger partial charge is 0.384 e. The number of nitrogen functional groups attached to an aromatic ring is 1. The van der Waals surface area contributed by atoms with Crippen LogP contribution in [0.5, 0.6) is 0 Å². The minimum Gasteiger partial charge on any atom is -0.384 e. The Morgan fingerprint density at radius 2 is 2.07 bits per heavy atom. The van der Waals surface area contributed by atoms with Gasteiger partial charge in [-0.05, 0) is 25.3 Å². The van der Waals surface area contributed by atoms with Gasteiger partial charge in [0.25, 0.3) is 5.56 Å². The van der Waals surface area contributed by atoms with E-state index in [9.17, 15) is 4.79 Å². The van der Waals surface area contributed by atoms with Crippen molar-refractivity contribution in [1.82, 2.24) is 29.4 Å². The van der Waals surface area contributed by atoms with Gasteiger partial charge in [0.05, 0.1) is 11.4 Å². The third kappa shape index (κ3) is 3.41. The number of pyridine rings is 1. The Bertz CT molecular complexity index is 1150. The molecule has 0 radical (unpaired) electrons. The maximum Gasteiger partial charge on any atom is 0.251 e. The van der Waals surface area contributed by atoms with Gasteiger partial charge in [-0.25, -0.2) is 15.0 Å². The summed E-state index contributed by atoms with van der Waals surface area (Å²) in [6, 6.07) is 5.50. The summed E-state index contributed by atoms with van der Waals surface area (Å²) in [5, 5.41) is 0. The van der Waals surface area contributed by atoms with Gasteiger partial charge < -0.3 is 15.3 Å². The van der Waals surface area contributed by atoms with Gasteiger partial charge in [0.1, 0.15) is 18.0 Å². The zero-order chi connectivity index (χ0) is 20.8. The molecule has 5 heterocycles. The molecule has 1 saturated heterocycles. The number of nitrogens with one attached hydrogen (secondary N) is 1. The van der Waals surface area contributed by atoms with E-state index in [1.807, 2.05) is 4.57 Å². The molecule has 2 aliphatic heterocycles. The molecule has 3 aromatic heterocycles. The van der Waals surface area contributed by atoms with E-state index >= 15 is 0 Å². The van der Waals surface area contributed by atoms with Crippen LogP contribution >= 0.6 is 0 Å². The molecule has 0 saturated carbocycles. The van der Waals surface area contributed by atoms with Gasteiger partial charge in [0.2, 0.25) is 0 Å². The van der Waals surface area contributed by atoms with Crippen LogP contribution in [0.4, 0.5) is 5.82 Å². The third-order valence-corrected chi connectivity index (χ3v) is 6.36. The van der Waals surface area contributed by atoms with E-state index in [4.69, 9.17) is 10.7 Å². The zero-order valence-corrected chi connectivity index (χ0v) is 17.4. The van der Waals surface area contributed by atoms with Crippen LogP contribution in [0.15, 0.2) is 29.3 Å². The topological polar surface area (TPSA) is 106 Å². The number of hydrogen-bond acceptors (Lipinski definition) is 6. The molecule has 8 nitrogen and oxygen atoms in total. The third-order valence-electron chi connectivity index (χ3n) is 6.36. The number of aryl methyl sites for hydroxylation is 2. The smallest absolute Gasteiger partial charge is 0.251 e. The molecule has 3 N–H and O–H groups in total. The molecule has 2 atom stereocenters. The molecule has 2 aliphatic rings. The highest BCUT2D eigenvalue weighted by Gasteiger charge is 2.35. The Morgan fingerprint density at radius 3 is 2.83 bits per heavy atom. The van der Waals surface area contributed by atoms with E-state index in [1.54, 1.807) is 12.1 Å². The van der Waals surface area contributed by atoms with Gasteiger partial charge in [0, 0.05) is 67.6 Å². The number of nitrogens with two attached hydrogens (primary N) is 1. The van der Waals surface area contributed by atoms with Crippen molar-refractivity contribution in [3.63, 3.8) is 0 Å². The summed E-state index contributed by atoms with van der Waals surface area (Å²) in [4.78, 5) is 31.8. The lowest BCUT2D eigenvalue weighted by molar-refractivity contribution is 0.113. The first-order valence-corrected chi connectivity index (χ1v) is 10.6. The van der Waals surface area contributed by atoms with Crippen molar-refractivity contribution in [1.29, 1.82) is 0 Å². The Hall–Kier alpha value is -3.00.